The Bertz CT molecular complexity index is 584. The first-order valence-corrected chi connectivity index (χ1v) is 5.26. The van der Waals surface area contributed by atoms with Crippen LogP contribution in [0, 0.1) is 0 Å². The zero-order valence-corrected chi connectivity index (χ0v) is 9.26. The molecule has 0 aliphatic rings. The van der Waals surface area contributed by atoms with Crippen molar-refractivity contribution in [3.05, 3.63) is 60.2 Å². The van der Waals surface area contributed by atoms with Crippen LogP contribution < -0.4 is 5.73 Å². The number of aliphatic carboxylic acids is 1. The van der Waals surface area contributed by atoms with Crippen LogP contribution in [0.5, 0.6) is 0 Å². The maximum atomic E-state index is 10.9. The van der Waals surface area contributed by atoms with Crippen LogP contribution in [0.25, 0.3) is 10.8 Å². The summed E-state index contributed by atoms with van der Waals surface area (Å²) in [7, 11) is 0. The van der Waals surface area contributed by atoms with E-state index in [1.54, 1.807) is 0 Å². The van der Waals surface area contributed by atoms with Crippen LogP contribution in [0.2, 0.25) is 0 Å². The molecular weight excluding hydrogens is 214 g/mol. The van der Waals surface area contributed by atoms with E-state index in [4.69, 9.17) is 10.8 Å². The van der Waals surface area contributed by atoms with Crippen LogP contribution in [-0.2, 0) is 4.79 Å². The van der Waals surface area contributed by atoms with Gasteiger partial charge in [-0.1, -0.05) is 49.0 Å². The van der Waals surface area contributed by atoms with Gasteiger partial charge in [0.05, 0.1) is 11.6 Å². The fraction of sp³-hybridized carbons (Fsp3) is 0.0714. The highest BCUT2D eigenvalue weighted by Crippen LogP contribution is 2.26. The summed E-state index contributed by atoms with van der Waals surface area (Å²) in [4.78, 5) is 10.9. The summed E-state index contributed by atoms with van der Waals surface area (Å²) in [5.74, 6) is -1.06. The minimum absolute atomic E-state index is 0.00125. The quantitative estimate of drug-likeness (QED) is 0.792. The maximum absolute atomic E-state index is 10.9. The van der Waals surface area contributed by atoms with Crippen LogP contribution in [0.15, 0.2) is 54.6 Å². The van der Waals surface area contributed by atoms with Gasteiger partial charge in [-0.05, 0) is 16.3 Å². The SMILES string of the molecule is C=C(C(=O)O)[C@@H](N)c1cccc2ccccc12. The van der Waals surface area contributed by atoms with Gasteiger partial charge in [-0.15, -0.1) is 0 Å². The summed E-state index contributed by atoms with van der Waals surface area (Å²) in [5, 5.41) is 10.9. The van der Waals surface area contributed by atoms with Gasteiger partial charge in [-0.2, -0.15) is 0 Å². The monoisotopic (exact) mass is 227 g/mol. The molecule has 0 saturated carbocycles. The van der Waals surface area contributed by atoms with Crippen LogP contribution in [0.4, 0.5) is 0 Å². The van der Waals surface area contributed by atoms with E-state index in [1.807, 2.05) is 42.5 Å². The zero-order chi connectivity index (χ0) is 12.4. The molecule has 2 aromatic carbocycles. The predicted molar refractivity (Wildman–Crippen MR) is 67.7 cm³/mol. The number of fused-ring (bicyclic) bond motifs is 1. The van der Waals surface area contributed by atoms with Crippen molar-refractivity contribution < 1.29 is 9.90 Å². The van der Waals surface area contributed by atoms with Gasteiger partial charge < -0.3 is 10.8 Å². The molecule has 17 heavy (non-hydrogen) atoms. The van der Waals surface area contributed by atoms with E-state index in [1.165, 1.54) is 0 Å². The summed E-state index contributed by atoms with van der Waals surface area (Å²) >= 11 is 0. The van der Waals surface area contributed by atoms with E-state index in [-0.39, 0.29) is 5.57 Å². The van der Waals surface area contributed by atoms with Gasteiger partial charge >= 0.3 is 5.97 Å². The second-order valence-corrected chi connectivity index (χ2v) is 3.88. The fourth-order valence-electron chi connectivity index (χ4n) is 1.84. The smallest absolute Gasteiger partial charge is 0.332 e. The van der Waals surface area contributed by atoms with Crippen molar-refractivity contribution in [2.45, 2.75) is 6.04 Å². The van der Waals surface area contributed by atoms with Crippen molar-refractivity contribution >= 4 is 16.7 Å². The lowest BCUT2D eigenvalue weighted by Gasteiger charge is -2.14. The Hall–Kier alpha value is -2.13. The third kappa shape index (κ3) is 2.05. The van der Waals surface area contributed by atoms with Gasteiger partial charge in [-0.25, -0.2) is 4.79 Å². The second-order valence-electron chi connectivity index (χ2n) is 3.88. The minimum atomic E-state index is -1.06. The predicted octanol–water partition coefficient (Wildman–Crippen LogP) is 2.48. The molecule has 0 bridgehead atoms. The van der Waals surface area contributed by atoms with Gasteiger partial charge in [0.1, 0.15) is 0 Å². The summed E-state index contributed by atoms with van der Waals surface area (Å²) in [6.45, 7) is 3.51. The standard InChI is InChI=1S/C14H13NO2/c1-9(14(16)17)13(15)12-8-4-6-10-5-2-3-7-11(10)12/h2-8,13H,1,15H2,(H,16,17)/t13-/m1/s1. The molecule has 0 fully saturated rings. The van der Waals surface area contributed by atoms with Gasteiger partial charge in [0.2, 0.25) is 0 Å². The number of nitrogens with two attached hydrogens (primary N) is 1. The zero-order valence-electron chi connectivity index (χ0n) is 9.26. The minimum Gasteiger partial charge on any atom is -0.478 e. The molecule has 1 atom stereocenters. The van der Waals surface area contributed by atoms with E-state index in [2.05, 4.69) is 6.58 Å². The van der Waals surface area contributed by atoms with Crippen molar-refractivity contribution in [3.8, 4) is 0 Å². The molecule has 0 aromatic heterocycles. The summed E-state index contributed by atoms with van der Waals surface area (Å²) in [5.41, 5.74) is 6.71. The lowest BCUT2D eigenvalue weighted by atomic mass is 9.95. The molecule has 0 saturated heterocycles. The summed E-state index contributed by atoms with van der Waals surface area (Å²) in [6, 6.07) is 12.7. The average Bonchev–Trinajstić information content (AvgIpc) is 2.36. The molecule has 2 aromatic rings. The number of benzene rings is 2. The highest BCUT2D eigenvalue weighted by Gasteiger charge is 2.17. The number of carbonyl (C=O) groups is 1. The molecule has 3 N–H and O–H groups in total. The first kappa shape index (κ1) is 11.4. The third-order valence-electron chi connectivity index (χ3n) is 2.81. The van der Waals surface area contributed by atoms with Crippen molar-refractivity contribution in [1.82, 2.24) is 0 Å². The largest absolute Gasteiger partial charge is 0.478 e. The Morgan fingerprint density at radius 1 is 1.18 bits per heavy atom. The van der Waals surface area contributed by atoms with Gasteiger partial charge in [0.15, 0.2) is 0 Å². The topological polar surface area (TPSA) is 63.3 Å². The van der Waals surface area contributed by atoms with Crippen molar-refractivity contribution in [3.63, 3.8) is 0 Å². The van der Waals surface area contributed by atoms with E-state index in [0.717, 1.165) is 16.3 Å². The maximum Gasteiger partial charge on any atom is 0.332 e. The molecule has 0 aliphatic carbocycles. The van der Waals surface area contributed by atoms with Crippen LogP contribution in [0.3, 0.4) is 0 Å². The lowest BCUT2D eigenvalue weighted by Crippen LogP contribution is -2.18. The van der Waals surface area contributed by atoms with Crippen molar-refractivity contribution in [2.24, 2.45) is 5.73 Å². The van der Waals surface area contributed by atoms with E-state index in [9.17, 15) is 4.79 Å². The highest BCUT2D eigenvalue weighted by molar-refractivity contribution is 5.91. The van der Waals surface area contributed by atoms with E-state index in [0.29, 0.717) is 0 Å². The van der Waals surface area contributed by atoms with Crippen LogP contribution >= 0.6 is 0 Å². The number of hydrogen-bond acceptors (Lipinski definition) is 2. The van der Waals surface area contributed by atoms with Crippen molar-refractivity contribution in [1.29, 1.82) is 0 Å². The van der Waals surface area contributed by atoms with E-state index < -0.39 is 12.0 Å². The Labute approximate surface area is 99.2 Å². The fourth-order valence-corrected chi connectivity index (χ4v) is 1.84. The first-order chi connectivity index (χ1) is 8.11. The Morgan fingerprint density at radius 3 is 2.53 bits per heavy atom. The van der Waals surface area contributed by atoms with Gasteiger partial charge in [-0.3, -0.25) is 0 Å². The molecule has 0 radical (unpaired) electrons. The van der Waals surface area contributed by atoms with Gasteiger partial charge in [0, 0.05) is 0 Å². The highest BCUT2D eigenvalue weighted by atomic mass is 16.4. The average molecular weight is 227 g/mol. The molecular formula is C14H13NO2. The number of hydrogen-bond donors (Lipinski definition) is 2. The molecule has 0 amide bonds. The molecule has 86 valence electrons. The summed E-state index contributed by atoms with van der Waals surface area (Å²) < 4.78 is 0. The molecule has 2 rings (SSSR count). The molecule has 0 spiro atoms. The number of carboxylic acids is 1. The summed E-state index contributed by atoms with van der Waals surface area (Å²) in [6.07, 6.45) is 0. The Morgan fingerprint density at radius 2 is 1.82 bits per heavy atom. The third-order valence-corrected chi connectivity index (χ3v) is 2.81. The van der Waals surface area contributed by atoms with Gasteiger partial charge in [0.25, 0.3) is 0 Å². The Kier molecular flexibility index (Phi) is 2.93. The van der Waals surface area contributed by atoms with Crippen molar-refractivity contribution in [2.75, 3.05) is 0 Å². The number of carboxylic acid groups (broad SMARTS) is 1. The molecule has 3 heteroatoms. The normalized spacial score (nSPS) is 12.3. The van der Waals surface area contributed by atoms with Crippen LogP contribution in [-0.4, -0.2) is 11.1 Å². The number of rotatable bonds is 3. The lowest BCUT2D eigenvalue weighted by molar-refractivity contribution is -0.132. The molecule has 3 nitrogen and oxygen atoms in total. The van der Waals surface area contributed by atoms with E-state index >= 15 is 0 Å². The molecule has 0 heterocycles. The Balaban J connectivity index is 2.56. The molecule has 0 unspecified atom stereocenters. The molecule has 0 aliphatic heterocycles. The second kappa shape index (κ2) is 4.39. The first-order valence-electron chi connectivity index (χ1n) is 5.26. The van der Waals surface area contributed by atoms with Crippen LogP contribution in [0.1, 0.15) is 11.6 Å².